The fourth-order valence-electron chi connectivity index (χ4n) is 1.99. The molecule has 0 amide bonds. The van der Waals surface area contributed by atoms with Crippen molar-refractivity contribution in [1.82, 2.24) is 5.32 Å². The van der Waals surface area contributed by atoms with E-state index in [4.69, 9.17) is 0 Å². The zero-order valence-electron chi connectivity index (χ0n) is 12.2. The van der Waals surface area contributed by atoms with Crippen molar-refractivity contribution in [3.8, 4) is 0 Å². The summed E-state index contributed by atoms with van der Waals surface area (Å²) in [5.41, 5.74) is 2.72. The monoisotopic (exact) mass is 248 g/mol. The number of rotatable bonds is 9. The van der Waals surface area contributed by atoms with Gasteiger partial charge in [0.1, 0.15) is 0 Å². The lowest BCUT2D eigenvalue weighted by molar-refractivity contribution is 0.615. The molecule has 1 aromatic rings. The second kappa shape index (κ2) is 8.98. The van der Waals surface area contributed by atoms with Gasteiger partial charge >= 0.3 is 0 Å². The van der Waals surface area contributed by atoms with Gasteiger partial charge in [-0.3, -0.25) is 0 Å². The van der Waals surface area contributed by atoms with E-state index >= 15 is 0 Å². The van der Waals surface area contributed by atoms with Gasteiger partial charge in [-0.2, -0.15) is 0 Å². The summed E-state index contributed by atoms with van der Waals surface area (Å²) in [7, 11) is 2.16. The number of hydrogen-bond donors (Lipinski definition) is 1. The number of hydrogen-bond acceptors (Lipinski definition) is 2. The first-order valence-electron chi connectivity index (χ1n) is 7.28. The minimum atomic E-state index is 1.07. The first-order chi connectivity index (χ1) is 8.77. The summed E-state index contributed by atoms with van der Waals surface area (Å²) in [6.45, 7) is 7.72. The highest BCUT2D eigenvalue weighted by Crippen LogP contribution is 2.13. The van der Waals surface area contributed by atoms with E-state index in [0.29, 0.717) is 0 Å². The molecular weight excluding hydrogens is 220 g/mol. The van der Waals surface area contributed by atoms with Crippen LogP contribution in [0.15, 0.2) is 24.3 Å². The van der Waals surface area contributed by atoms with Crippen LogP contribution in [0.25, 0.3) is 0 Å². The zero-order valence-corrected chi connectivity index (χ0v) is 12.2. The van der Waals surface area contributed by atoms with Gasteiger partial charge in [-0.25, -0.2) is 0 Å². The van der Waals surface area contributed by atoms with Gasteiger partial charge in [0, 0.05) is 25.8 Å². The van der Waals surface area contributed by atoms with Crippen LogP contribution in [0.1, 0.15) is 38.7 Å². The molecule has 0 radical (unpaired) electrons. The van der Waals surface area contributed by atoms with E-state index in [9.17, 15) is 0 Å². The maximum atomic E-state index is 3.50. The molecule has 18 heavy (non-hydrogen) atoms. The van der Waals surface area contributed by atoms with Crippen molar-refractivity contribution >= 4 is 5.69 Å². The number of benzene rings is 1. The molecule has 0 aliphatic rings. The van der Waals surface area contributed by atoms with Crippen LogP contribution in [0.2, 0.25) is 0 Å². The lowest BCUT2D eigenvalue weighted by atomic mass is 10.1. The molecule has 0 saturated carbocycles. The standard InChI is InChI=1S/C16H28N2/c1-4-6-7-12-17-13-14-18(3)16-10-8-15(5-2)9-11-16/h8-11,17H,4-7,12-14H2,1-3H3. The summed E-state index contributed by atoms with van der Waals surface area (Å²) in [5.74, 6) is 0. The molecule has 0 fully saturated rings. The Morgan fingerprint density at radius 1 is 1.00 bits per heavy atom. The third-order valence-corrected chi connectivity index (χ3v) is 3.37. The molecule has 2 nitrogen and oxygen atoms in total. The average Bonchev–Trinajstić information content (AvgIpc) is 2.42. The van der Waals surface area contributed by atoms with Crippen LogP contribution >= 0.6 is 0 Å². The minimum Gasteiger partial charge on any atom is -0.373 e. The Balaban J connectivity index is 2.21. The molecule has 0 bridgehead atoms. The molecule has 0 aliphatic carbocycles. The molecular formula is C16H28N2. The second-order valence-corrected chi connectivity index (χ2v) is 4.90. The van der Waals surface area contributed by atoms with E-state index in [1.165, 1.54) is 30.5 Å². The first-order valence-corrected chi connectivity index (χ1v) is 7.28. The van der Waals surface area contributed by atoms with Crippen molar-refractivity contribution in [2.24, 2.45) is 0 Å². The fourth-order valence-corrected chi connectivity index (χ4v) is 1.99. The van der Waals surface area contributed by atoms with E-state index < -0.39 is 0 Å². The number of anilines is 1. The largest absolute Gasteiger partial charge is 0.373 e. The van der Waals surface area contributed by atoms with Crippen molar-refractivity contribution in [3.63, 3.8) is 0 Å². The summed E-state index contributed by atoms with van der Waals surface area (Å²) >= 11 is 0. The van der Waals surface area contributed by atoms with Crippen molar-refractivity contribution < 1.29 is 0 Å². The average molecular weight is 248 g/mol. The van der Waals surface area contributed by atoms with Gasteiger partial charge in [-0.05, 0) is 37.1 Å². The van der Waals surface area contributed by atoms with Gasteiger partial charge in [-0.15, -0.1) is 0 Å². The molecule has 0 heterocycles. The maximum absolute atomic E-state index is 3.50. The smallest absolute Gasteiger partial charge is 0.0364 e. The predicted molar refractivity (Wildman–Crippen MR) is 81.5 cm³/mol. The topological polar surface area (TPSA) is 15.3 Å². The molecule has 0 unspecified atom stereocenters. The quantitative estimate of drug-likeness (QED) is 0.673. The van der Waals surface area contributed by atoms with E-state index in [1.54, 1.807) is 0 Å². The van der Waals surface area contributed by atoms with Crippen molar-refractivity contribution in [3.05, 3.63) is 29.8 Å². The Hall–Kier alpha value is -1.02. The van der Waals surface area contributed by atoms with E-state index in [0.717, 1.165) is 26.1 Å². The van der Waals surface area contributed by atoms with E-state index in [1.807, 2.05) is 0 Å². The molecule has 102 valence electrons. The third-order valence-electron chi connectivity index (χ3n) is 3.37. The Labute approximate surface area is 112 Å². The summed E-state index contributed by atoms with van der Waals surface area (Å²) in [5, 5.41) is 3.50. The number of unbranched alkanes of at least 4 members (excludes halogenated alkanes) is 2. The normalized spacial score (nSPS) is 10.6. The Kier molecular flexibility index (Phi) is 7.51. The SMILES string of the molecule is CCCCCNCCN(C)c1ccc(CC)cc1. The van der Waals surface area contributed by atoms with Crippen LogP contribution in [0.5, 0.6) is 0 Å². The van der Waals surface area contributed by atoms with Gasteiger partial charge in [0.15, 0.2) is 0 Å². The molecule has 0 saturated heterocycles. The lowest BCUT2D eigenvalue weighted by Crippen LogP contribution is -2.29. The van der Waals surface area contributed by atoms with Gasteiger partial charge in [0.2, 0.25) is 0 Å². The molecule has 0 atom stereocenters. The molecule has 1 N–H and O–H groups in total. The third kappa shape index (κ3) is 5.54. The number of nitrogens with zero attached hydrogens (tertiary/aromatic N) is 1. The fraction of sp³-hybridized carbons (Fsp3) is 0.625. The summed E-state index contributed by atoms with van der Waals surface area (Å²) in [6, 6.07) is 8.88. The van der Waals surface area contributed by atoms with Crippen LogP contribution < -0.4 is 10.2 Å². The lowest BCUT2D eigenvalue weighted by Gasteiger charge is -2.19. The molecule has 0 aliphatic heterocycles. The zero-order chi connectivity index (χ0) is 13.2. The van der Waals surface area contributed by atoms with Gasteiger partial charge in [-0.1, -0.05) is 38.8 Å². The van der Waals surface area contributed by atoms with Crippen molar-refractivity contribution in [2.45, 2.75) is 39.5 Å². The highest BCUT2D eigenvalue weighted by Gasteiger charge is 1.99. The van der Waals surface area contributed by atoms with Crippen LogP contribution in [0.4, 0.5) is 5.69 Å². The Morgan fingerprint density at radius 3 is 2.33 bits per heavy atom. The summed E-state index contributed by atoms with van der Waals surface area (Å²) in [4.78, 5) is 2.31. The van der Waals surface area contributed by atoms with E-state index in [-0.39, 0.29) is 0 Å². The summed E-state index contributed by atoms with van der Waals surface area (Å²) < 4.78 is 0. The summed E-state index contributed by atoms with van der Waals surface area (Å²) in [6.07, 6.45) is 5.04. The second-order valence-electron chi connectivity index (χ2n) is 4.90. The van der Waals surface area contributed by atoms with Crippen LogP contribution in [0.3, 0.4) is 0 Å². The molecule has 1 aromatic carbocycles. The van der Waals surface area contributed by atoms with Crippen molar-refractivity contribution in [1.29, 1.82) is 0 Å². The van der Waals surface area contributed by atoms with E-state index in [2.05, 4.69) is 55.4 Å². The molecule has 2 heteroatoms. The highest BCUT2D eigenvalue weighted by atomic mass is 15.1. The van der Waals surface area contributed by atoms with Gasteiger partial charge < -0.3 is 10.2 Å². The van der Waals surface area contributed by atoms with Crippen molar-refractivity contribution in [2.75, 3.05) is 31.6 Å². The maximum Gasteiger partial charge on any atom is 0.0364 e. The van der Waals surface area contributed by atoms with Gasteiger partial charge in [0.05, 0.1) is 0 Å². The molecule has 1 rings (SSSR count). The van der Waals surface area contributed by atoms with Crippen LogP contribution in [-0.4, -0.2) is 26.7 Å². The number of nitrogens with one attached hydrogen (secondary N) is 1. The first kappa shape index (κ1) is 15.0. The highest BCUT2D eigenvalue weighted by molar-refractivity contribution is 5.46. The molecule has 0 spiro atoms. The minimum absolute atomic E-state index is 1.07. The van der Waals surface area contributed by atoms with Gasteiger partial charge in [0.25, 0.3) is 0 Å². The Bertz CT molecular complexity index is 305. The number of aryl methyl sites for hydroxylation is 1. The van der Waals surface area contributed by atoms with Crippen LogP contribution in [-0.2, 0) is 6.42 Å². The number of likely N-dealkylation sites (N-methyl/N-ethyl adjacent to an activating group) is 1. The molecule has 0 aromatic heterocycles. The Morgan fingerprint density at radius 2 is 1.72 bits per heavy atom. The van der Waals surface area contributed by atoms with Crippen LogP contribution in [0, 0.1) is 0 Å². The predicted octanol–water partition coefficient (Wildman–Crippen LogP) is 3.47.